The van der Waals surface area contributed by atoms with E-state index in [2.05, 4.69) is 11.9 Å². The molecule has 0 bridgehead atoms. The van der Waals surface area contributed by atoms with Crippen LogP contribution in [0, 0.1) is 0 Å². The van der Waals surface area contributed by atoms with Crippen LogP contribution in [-0.2, 0) is 0 Å². The van der Waals surface area contributed by atoms with Gasteiger partial charge in [-0.2, -0.15) is 4.98 Å². The number of hydrogen-bond donors (Lipinski definition) is 1. The first-order chi connectivity index (χ1) is 9.20. The predicted octanol–water partition coefficient (Wildman–Crippen LogP) is 2.73. The van der Waals surface area contributed by atoms with Crippen LogP contribution in [0.15, 0.2) is 27.4 Å². The fourth-order valence-corrected chi connectivity index (χ4v) is 1.82. The van der Waals surface area contributed by atoms with Crippen LogP contribution in [0.25, 0.3) is 10.9 Å². The first-order valence-corrected chi connectivity index (χ1v) is 6.54. The molecule has 0 saturated heterocycles. The second-order valence-corrected chi connectivity index (χ2v) is 4.45. The Kier molecular flexibility index (Phi) is 4.39. The maximum absolute atomic E-state index is 11.7. The van der Waals surface area contributed by atoms with E-state index in [1.807, 2.05) is 0 Å². The number of nitrogens with zero attached hydrogens (tertiary/aromatic N) is 1. The van der Waals surface area contributed by atoms with Gasteiger partial charge in [0.15, 0.2) is 0 Å². The summed E-state index contributed by atoms with van der Waals surface area (Å²) in [5.74, 6) is 0. The molecule has 1 aromatic heterocycles. The number of unbranched alkanes of at least 4 members (excludes halogenated alkanes) is 3. The maximum atomic E-state index is 11.7. The van der Waals surface area contributed by atoms with Crippen molar-refractivity contribution in [3.8, 4) is 6.08 Å². The lowest BCUT2D eigenvalue weighted by molar-refractivity contribution is 0.211. The number of anilines is 1. The Balaban J connectivity index is 2.09. The van der Waals surface area contributed by atoms with Gasteiger partial charge in [-0.3, -0.25) is 0 Å². The van der Waals surface area contributed by atoms with Gasteiger partial charge in [0.1, 0.15) is 0 Å². The molecule has 19 heavy (non-hydrogen) atoms. The van der Waals surface area contributed by atoms with Crippen molar-refractivity contribution in [3.63, 3.8) is 0 Å². The van der Waals surface area contributed by atoms with Crippen molar-refractivity contribution < 1.29 is 9.15 Å². The third-order valence-electron chi connectivity index (χ3n) is 2.86. The second-order valence-electron chi connectivity index (χ2n) is 4.45. The maximum Gasteiger partial charge on any atom is 0.397 e. The van der Waals surface area contributed by atoms with Gasteiger partial charge in [0, 0.05) is 5.69 Å². The van der Waals surface area contributed by atoms with Crippen molar-refractivity contribution >= 4 is 16.6 Å². The summed E-state index contributed by atoms with van der Waals surface area (Å²) >= 11 is 0. The van der Waals surface area contributed by atoms with Gasteiger partial charge in [-0.1, -0.05) is 26.2 Å². The van der Waals surface area contributed by atoms with Crippen molar-refractivity contribution in [1.29, 1.82) is 0 Å². The van der Waals surface area contributed by atoms with Crippen molar-refractivity contribution in [3.05, 3.63) is 28.6 Å². The molecule has 2 aromatic rings. The van der Waals surface area contributed by atoms with Crippen LogP contribution < -0.4 is 16.1 Å². The van der Waals surface area contributed by atoms with Crippen LogP contribution in [0.4, 0.5) is 5.69 Å². The van der Waals surface area contributed by atoms with E-state index >= 15 is 0 Å². The molecule has 0 aliphatic rings. The molecule has 102 valence electrons. The zero-order valence-corrected chi connectivity index (χ0v) is 11.0. The van der Waals surface area contributed by atoms with Crippen LogP contribution in [-0.4, -0.2) is 11.6 Å². The molecular weight excluding hydrogens is 244 g/mol. The van der Waals surface area contributed by atoms with Gasteiger partial charge in [-0.15, -0.1) is 0 Å². The third kappa shape index (κ3) is 3.47. The number of hydrogen-bond acceptors (Lipinski definition) is 5. The van der Waals surface area contributed by atoms with E-state index in [0.29, 0.717) is 23.2 Å². The lowest BCUT2D eigenvalue weighted by atomic mass is 10.2. The Morgan fingerprint density at radius 2 is 2.16 bits per heavy atom. The number of aromatic nitrogens is 1. The van der Waals surface area contributed by atoms with E-state index in [1.165, 1.54) is 12.8 Å². The number of fused-ring (bicyclic) bond motifs is 1. The quantitative estimate of drug-likeness (QED) is 0.639. The van der Waals surface area contributed by atoms with Gasteiger partial charge >= 0.3 is 11.7 Å². The molecule has 2 rings (SSSR count). The molecule has 0 amide bonds. The normalized spacial score (nSPS) is 10.8. The first-order valence-electron chi connectivity index (χ1n) is 6.54. The number of ether oxygens (including phenoxy) is 1. The van der Waals surface area contributed by atoms with Crippen LogP contribution in [0.3, 0.4) is 0 Å². The first kappa shape index (κ1) is 13.4. The molecule has 1 aromatic carbocycles. The van der Waals surface area contributed by atoms with Crippen molar-refractivity contribution in [2.24, 2.45) is 0 Å². The molecule has 1 heterocycles. The summed E-state index contributed by atoms with van der Waals surface area (Å²) in [5.41, 5.74) is 6.27. The smallest absolute Gasteiger partial charge is 0.397 e. The lowest BCUT2D eigenvalue weighted by Gasteiger charge is -2.04. The molecule has 0 aliphatic heterocycles. The summed E-state index contributed by atoms with van der Waals surface area (Å²) in [6.07, 6.45) is 4.38. The van der Waals surface area contributed by atoms with E-state index in [-0.39, 0.29) is 6.08 Å². The summed E-state index contributed by atoms with van der Waals surface area (Å²) in [5, 5.41) is 0.410. The van der Waals surface area contributed by atoms with Gasteiger partial charge in [0.2, 0.25) is 0 Å². The minimum absolute atomic E-state index is 0.0135. The molecule has 0 radical (unpaired) electrons. The number of nitrogens with two attached hydrogens (primary N) is 1. The van der Waals surface area contributed by atoms with E-state index in [9.17, 15) is 4.79 Å². The monoisotopic (exact) mass is 262 g/mol. The Labute approximate surface area is 111 Å². The second kappa shape index (κ2) is 6.22. The number of rotatable bonds is 6. The van der Waals surface area contributed by atoms with Gasteiger partial charge in [-0.25, -0.2) is 4.79 Å². The van der Waals surface area contributed by atoms with Gasteiger partial charge in [0.25, 0.3) is 0 Å². The van der Waals surface area contributed by atoms with Crippen LogP contribution in [0.5, 0.6) is 6.08 Å². The summed E-state index contributed by atoms with van der Waals surface area (Å²) in [6.45, 7) is 2.65. The van der Waals surface area contributed by atoms with E-state index < -0.39 is 5.63 Å². The highest BCUT2D eigenvalue weighted by molar-refractivity contribution is 5.80. The van der Waals surface area contributed by atoms with Crippen LogP contribution in [0.1, 0.15) is 32.6 Å². The van der Waals surface area contributed by atoms with Crippen molar-refractivity contribution in [1.82, 2.24) is 4.98 Å². The molecule has 0 atom stereocenters. The van der Waals surface area contributed by atoms with E-state index in [4.69, 9.17) is 14.9 Å². The zero-order valence-electron chi connectivity index (χ0n) is 11.0. The molecular formula is C14H18N2O3. The molecule has 0 unspecified atom stereocenters. The SMILES string of the molecule is CCCCCCOc1nc2cc(N)ccc2c(=O)o1. The van der Waals surface area contributed by atoms with Gasteiger partial charge < -0.3 is 14.9 Å². The summed E-state index contributed by atoms with van der Waals surface area (Å²) in [7, 11) is 0. The molecule has 0 fully saturated rings. The summed E-state index contributed by atoms with van der Waals surface area (Å²) in [6, 6.07) is 4.89. The molecule has 2 N–H and O–H groups in total. The van der Waals surface area contributed by atoms with Crippen molar-refractivity contribution in [2.75, 3.05) is 12.3 Å². The third-order valence-corrected chi connectivity index (χ3v) is 2.86. The van der Waals surface area contributed by atoms with Gasteiger partial charge in [0.05, 0.1) is 17.5 Å². The number of benzene rings is 1. The molecule has 5 heteroatoms. The average molecular weight is 262 g/mol. The van der Waals surface area contributed by atoms with Crippen LogP contribution in [0.2, 0.25) is 0 Å². The topological polar surface area (TPSA) is 78.4 Å². The lowest BCUT2D eigenvalue weighted by Crippen LogP contribution is -2.06. The molecule has 5 nitrogen and oxygen atoms in total. The van der Waals surface area contributed by atoms with E-state index in [1.54, 1.807) is 18.2 Å². The molecule has 0 saturated carbocycles. The summed E-state index contributed by atoms with van der Waals surface area (Å²) < 4.78 is 10.4. The molecule has 0 spiro atoms. The predicted molar refractivity (Wildman–Crippen MR) is 74.3 cm³/mol. The highest BCUT2D eigenvalue weighted by Gasteiger charge is 2.07. The minimum Gasteiger partial charge on any atom is -0.450 e. The van der Waals surface area contributed by atoms with Crippen LogP contribution >= 0.6 is 0 Å². The molecule has 0 aliphatic carbocycles. The Morgan fingerprint density at radius 1 is 1.32 bits per heavy atom. The Hall–Kier alpha value is -2.04. The fraction of sp³-hybridized carbons (Fsp3) is 0.429. The van der Waals surface area contributed by atoms with Crippen molar-refractivity contribution in [2.45, 2.75) is 32.6 Å². The summed E-state index contributed by atoms with van der Waals surface area (Å²) in [4.78, 5) is 15.9. The average Bonchev–Trinajstić information content (AvgIpc) is 2.38. The van der Waals surface area contributed by atoms with Gasteiger partial charge in [-0.05, 0) is 24.6 Å². The standard InChI is InChI=1S/C14H18N2O3/c1-2-3-4-5-8-18-14-16-12-9-10(15)6-7-11(12)13(17)19-14/h6-7,9H,2-5,8,15H2,1H3. The largest absolute Gasteiger partial charge is 0.450 e. The zero-order chi connectivity index (χ0) is 13.7. The minimum atomic E-state index is -0.450. The highest BCUT2D eigenvalue weighted by Crippen LogP contribution is 2.15. The Bertz CT molecular complexity index is 607. The Morgan fingerprint density at radius 3 is 2.95 bits per heavy atom. The highest BCUT2D eigenvalue weighted by atomic mass is 16.6. The van der Waals surface area contributed by atoms with E-state index in [0.717, 1.165) is 12.8 Å². The number of nitrogen functional groups attached to an aromatic ring is 1. The fourth-order valence-electron chi connectivity index (χ4n) is 1.82.